The number of carbonyl (C=O) groups excluding carboxylic acids is 4. The molecular weight excluding hydrogens is 765 g/mol. The van der Waals surface area contributed by atoms with E-state index in [1.54, 1.807) is 54.6 Å². The second-order valence-corrected chi connectivity index (χ2v) is 15.4. The van der Waals surface area contributed by atoms with Crippen LogP contribution in [0.5, 0.6) is 5.75 Å². The second-order valence-electron chi connectivity index (χ2n) is 14.5. The molecule has 0 aromatic heterocycles. The average Bonchev–Trinajstić information content (AvgIpc) is 3.56. The van der Waals surface area contributed by atoms with E-state index in [0.29, 0.717) is 11.1 Å². The number of nitro benzene ring substituents is 2. The molecule has 2 aliphatic carbocycles. The Bertz CT molecular complexity index is 2420. The van der Waals surface area contributed by atoms with Crippen LogP contribution in [0.3, 0.4) is 0 Å². The van der Waals surface area contributed by atoms with E-state index >= 15 is 4.79 Å². The molecule has 6 atom stereocenters. The molecule has 56 heavy (non-hydrogen) atoms. The third kappa shape index (κ3) is 5.23. The van der Waals surface area contributed by atoms with E-state index in [0.717, 1.165) is 21.9 Å². The van der Waals surface area contributed by atoms with Crippen LogP contribution in [0.25, 0.3) is 0 Å². The zero-order valence-electron chi connectivity index (χ0n) is 29.7. The largest absolute Gasteiger partial charge is 0.508 e. The highest BCUT2D eigenvalue weighted by atomic mass is 35.5. The van der Waals surface area contributed by atoms with Gasteiger partial charge in [0.15, 0.2) is 5.69 Å². The van der Waals surface area contributed by atoms with Crippen LogP contribution in [0.1, 0.15) is 29.9 Å². The number of anilines is 3. The molecule has 1 N–H and O–H groups in total. The number of imide groups is 2. The van der Waals surface area contributed by atoms with Crippen molar-refractivity contribution in [2.45, 2.75) is 24.2 Å². The summed E-state index contributed by atoms with van der Waals surface area (Å²) >= 11 is 12.9. The number of benzene rings is 4. The quantitative estimate of drug-likeness (QED) is 0.0889. The Morgan fingerprint density at radius 1 is 0.768 bits per heavy atom. The summed E-state index contributed by atoms with van der Waals surface area (Å²) in [6.45, 7) is 0. The lowest BCUT2D eigenvalue weighted by Gasteiger charge is -2.50. The number of aromatic hydroxyl groups is 1. The van der Waals surface area contributed by atoms with Crippen LogP contribution in [0, 0.1) is 43.9 Å². The number of carbonyl (C=O) groups is 4. The standard InChI is InChI=1S/C40H31Cl2N5O9/c1-43(2)35-30(46(53)54)17-24(18-31(35)47(55)56)44-36(49)26-13-12-25-27(33(26)38(44)51)19-29-37(50)45(23-10-6-9-21(41)15-23)39(52)40(29,20-7-4-3-5-8-20)34(25)28-16-22(42)11-14-32(28)48/h3-12,14-18,26-27,29,33-34,48H,13,19H2,1-2H3. The molecule has 2 saturated heterocycles. The molecule has 3 fully saturated rings. The Morgan fingerprint density at radius 2 is 1.43 bits per heavy atom. The summed E-state index contributed by atoms with van der Waals surface area (Å²) in [6.07, 6.45) is 1.69. The molecule has 4 aromatic carbocycles. The number of nitrogens with zero attached hydrogens (tertiary/aromatic N) is 5. The van der Waals surface area contributed by atoms with E-state index in [9.17, 15) is 39.7 Å². The highest BCUT2D eigenvalue weighted by Gasteiger charge is 2.70. The summed E-state index contributed by atoms with van der Waals surface area (Å²) in [5, 5.41) is 36.5. The van der Waals surface area contributed by atoms with Crippen molar-refractivity contribution in [2.24, 2.45) is 23.7 Å². The molecular formula is C40H31Cl2N5O9. The van der Waals surface area contributed by atoms with Crippen molar-refractivity contribution in [1.29, 1.82) is 0 Å². The SMILES string of the molecule is CN(C)c1c([N+](=O)[O-])cc(N2C(=O)C3CC=C4C(CC5C(=O)N(c6cccc(Cl)c6)C(=O)C5(c5ccccc5)C4c4cc(Cl)ccc4O)C3C2=O)cc1[N+](=O)[O-]. The fourth-order valence-electron chi connectivity index (χ4n) is 9.55. The Hall–Kier alpha value is -6.12. The van der Waals surface area contributed by atoms with Gasteiger partial charge in [0, 0.05) is 47.8 Å². The lowest BCUT2D eigenvalue weighted by molar-refractivity contribution is -0.392. The molecule has 4 amide bonds. The number of rotatable bonds is 7. The number of amides is 4. The molecule has 4 aliphatic rings. The van der Waals surface area contributed by atoms with Gasteiger partial charge in [-0.15, -0.1) is 0 Å². The van der Waals surface area contributed by atoms with Crippen LogP contribution in [0.2, 0.25) is 10.0 Å². The number of nitro groups is 2. The predicted molar refractivity (Wildman–Crippen MR) is 206 cm³/mol. The van der Waals surface area contributed by atoms with Crippen LogP contribution < -0.4 is 14.7 Å². The third-order valence-corrected chi connectivity index (χ3v) is 12.1. The summed E-state index contributed by atoms with van der Waals surface area (Å²) in [5.74, 6) is -8.05. The molecule has 14 nitrogen and oxygen atoms in total. The molecule has 0 spiro atoms. The number of allylic oxidation sites excluding steroid dienone is 2. The van der Waals surface area contributed by atoms with Crippen molar-refractivity contribution in [3.8, 4) is 5.75 Å². The number of fused-ring (bicyclic) bond motifs is 4. The zero-order valence-corrected chi connectivity index (χ0v) is 31.2. The lowest BCUT2D eigenvalue weighted by Crippen LogP contribution is -2.53. The number of phenolic OH excluding ortho intramolecular Hbond substituents is 1. The monoisotopic (exact) mass is 795 g/mol. The van der Waals surface area contributed by atoms with E-state index in [4.69, 9.17) is 23.2 Å². The normalized spacial score (nSPS) is 25.4. The van der Waals surface area contributed by atoms with E-state index in [-0.39, 0.29) is 51.3 Å². The first-order valence-corrected chi connectivity index (χ1v) is 18.3. The molecule has 4 aromatic rings. The lowest BCUT2D eigenvalue weighted by atomic mass is 9.49. The van der Waals surface area contributed by atoms with Gasteiger partial charge in [-0.3, -0.25) is 39.4 Å². The van der Waals surface area contributed by atoms with Crippen LogP contribution in [-0.4, -0.2) is 52.7 Å². The van der Waals surface area contributed by atoms with E-state index in [1.165, 1.54) is 43.3 Å². The van der Waals surface area contributed by atoms with Crippen molar-refractivity contribution in [3.63, 3.8) is 0 Å². The first-order valence-electron chi connectivity index (χ1n) is 17.6. The summed E-state index contributed by atoms with van der Waals surface area (Å²) in [6, 6.07) is 21.4. The molecule has 2 aliphatic heterocycles. The molecule has 284 valence electrons. The molecule has 16 heteroatoms. The number of hydrogen-bond donors (Lipinski definition) is 1. The highest BCUT2D eigenvalue weighted by molar-refractivity contribution is 6.32. The number of phenols is 1. The van der Waals surface area contributed by atoms with Crippen molar-refractivity contribution in [1.82, 2.24) is 0 Å². The first kappa shape index (κ1) is 36.8. The predicted octanol–water partition coefficient (Wildman–Crippen LogP) is 6.95. The van der Waals surface area contributed by atoms with Crippen molar-refractivity contribution >= 4 is 75.3 Å². The van der Waals surface area contributed by atoms with Crippen molar-refractivity contribution < 1.29 is 34.1 Å². The number of hydrogen-bond acceptors (Lipinski definition) is 10. The van der Waals surface area contributed by atoms with Crippen LogP contribution in [0.15, 0.2) is 96.6 Å². The van der Waals surface area contributed by atoms with E-state index < -0.39 is 79.9 Å². The molecule has 8 rings (SSSR count). The molecule has 6 unspecified atom stereocenters. The Kier molecular flexibility index (Phi) is 8.73. The smallest absolute Gasteiger partial charge is 0.301 e. The van der Waals surface area contributed by atoms with Gasteiger partial charge in [-0.05, 0) is 60.7 Å². The van der Waals surface area contributed by atoms with Gasteiger partial charge in [-0.2, -0.15) is 0 Å². The minimum Gasteiger partial charge on any atom is -0.508 e. The Labute approximate surface area is 328 Å². The van der Waals surface area contributed by atoms with Crippen molar-refractivity contribution in [3.05, 3.63) is 138 Å². The van der Waals surface area contributed by atoms with Gasteiger partial charge in [0.25, 0.3) is 0 Å². The average molecular weight is 797 g/mol. The van der Waals surface area contributed by atoms with Gasteiger partial charge in [0.1, 0.15) is 5.75 Å². The van der Waals surface area contributed by atoms with Crippen LogP contribution >= 0.6 is 23.2 Å². The van der Waals surface area contributed by atoms with Gasteiger partial charge < -0.3 is 10.0 Å². The van der Waals surface area contributed by atoms with Crippen LogP contribution in [0.4, 0.5) is 28.4 Å². The summed E-state index contributed by atoms with van der Waals surface area (Å²) in [7, 11) is 2.80. The second kappa shape index (κ2) is 13.3. The summed E-state index contributed by atoms with van der Waals surface area (Å²) < 4.78 is 0. The zero-order chi connectivity index (χ0) is 40.0. The van der Waals surface area contributed by atoms with Gasteiger partial charge in [0.2, 0.25) is 23.6 Å². The van der Waals surface area contributed by atoms with Gasteiger partial charge in [-0.1, -0.05) is 71.2 Å². The minimum atomic E-state index is -1.67. The van der Waals surface area contributed by atoms with Gasteiger partial charge in [0.05, 0.1) is 44.4 Å². The van der Waals surface area contributed by atoms with Gasteiger partial charge >= 0.3 is 11.4 Å². The van der Waals surface area contributed by atoms with E-state index in [1.807, 2.05) is 0 Å². The number of halogens is 2. The third-order valence-electron chi connectivity index (χ3n) is 11.6. The summed E-state index contributed by atoms with van der Waals surface area (Å²) in [4.78, 5) is 85.1. The van der Waals surface area contributed by atoms with E-state index in [2.05, 4.69) is 0 Å². The first-order chi connectivity index (χ1) is 26.7. The Morgan fingerprint density at radius 3 is 2.05 bits per heavy atom. The molecule has 1 saturated carbocycles. The fraction of sp³-hybridized carbons (Fsp3) is 0.250. The molecule has 0 bridgehead atoms. The maximum atomic E-state index is 15.3. The minimum absolute atomic E-state index is 0.00888. The highest BCUT2D eigenvalue weighted by Crippen LogP contribution is 2.65. The maximum absolute atomic E-state index is 15.3. The topological polar surface area (TPSA) is 185 Å². The fourth-order valence-corrected chi connectivity index (χ4v) is 9.92. The molecule has 0 radical (unpaired) electrons. The van der Waals surface area contributed by atoms with Crippen molar-refractivity contribution in [2.75, 3.05) is 28.8 Å². The Balaban J connectivity index is 1.33. The molecule has 2 heterocycles. The van der Waals surface area contributed by atoms with Gasteiger partial charge in [-0.25, -0.2) is 9.80 Å². The van der Waals surface area contributed by atoms with Crippen LogP contribution in [-0.2, 0) is 24.6 Å². The summed E-state index contributed by atoms with van der Waals surface area (Å²) in [5.41, 5.74) is -2.21. The maximum Gasteiger partial charge on any atom is 0.301 e.